The van der Waals surface area contributed by atoms with Crippen molar-refractivity contribution in [3.8, 4) is 0 Å². The third kappa shape index (κ3) is 4.43. The fraction of sp³-hybridized carbons (Fsp3) is 0.579. The Labute approximate surface area is 160 Å². The van der Waals surface area contributed by atoms with Crippen LogP contribution in [0.3, 0.4) is 0 Å². The lowest BCUT2D eigenvalue weighted by atomic mass is 9.96. The number of benzene rings is 1. The van der Waals surface area contributed by atoms with E-state index in [1.807, 2.05) is 0 Å². The van der Waals surface area contributed by atoms with Crippen molar-refractivity contribution in [3.05, 3.63) is 29.8 Å². The van der Waals surface area contributed by atoms with Gasteiger partial charge in [-0.25, -0.2) is 8.42 Å². The Morgan fingerprint density at radius 1 is 1.07 bits per heavy atom. The van der Waals surface area contributed by atoms with Gasteiger partial charge in [-0.2, -0.15) is 0 Å². The zero-order valence-electron chi connectivity index (χ0n) is 15.6. The number of piperidine rings is 1. The van der Waals surface area contributed by atoms with Gasteiger partial charge in [0.05, 0.1) is 24.0 Å². The summed E-state index contributed by atoms with van der Waals surface area (Å²) < 4.78 is 30.9. The molecule has 0 radical (unpaired) electrons. The van der Waals surface area contributed by atoms with Crippen LogP contribution < -0.4 is 4.31 Å². The van der Waals surface area contributed by atoms with Crippen molar-refractivity contribution >= 4 is 27.6 Å². The van der Waals surface area contributed by atoms with E-state index in [1.165, 1.54) is 4.31 Å². The summed E-state index contributed by atoms with van der Waals surface area (Å²) in [5.74, 6) is -0.244. The Morgan fingerprint density at radius 3 is 2.33 bits per heavy atom. The van der Waals surface area contributed by atoms with E-state index in [-0.39, 0.29) is 23.5 Å². The normalized spacial score (nSPS) is 20.3. The van der Waals surface area contributed by atoms with Crippen LogP contribution in [0.1, 0.15) is 43.0 Å². The zero-order valence-corrected chi connectivity index (χ0v) is 16.4. The molecule has 27 heavy (non-hydrogen) atoms. The molecule has 2 heterocycles. The van der Waals surface area contributed by atoms with E-state index < -0.39 is 10.0 Å². The second-order valence-corrected chi connectivity index (χ2v) is 8.97. The monoisotopic (exact) mass is 394 g/mol. The molecule has 0 N–H and O–H groups in total. The Hall–Kier alpha value is -2.09. The van der Waals surface area contributed by atoms with Crippen LogP contribution in [0.4, 0.5) is 5.69 Å². The lowest BCUT2D eigenvalue weighted by Crippen LogP contribution is -2.40. The molecule has 0 atom stereocenters. The van der Waals surface area contributed by atoms with E-state index in [4.69, 9.17) is 4.74 Å². The number of hydrogen-bond donors (Lipinski definition) is 0. The molecule has 1 aromatic rings. The van der Waals surface area contributed by atoms with Gasteiger partial charge in [0.25, 0.3) is 5.91 Å². The fourth-order valence-electron chi connectivity index (χ4n) is 3.61. The second kappa shape index (κ2) is 8.29. The minimum atomic E-state index is -3.26. The number of rotatable bonds is 4. The van der Waals surface area contributed by atoms with Gasteiger partial charge in [-0.3, -0.25) is 13.9 Å². The number of carbonyl (C=O) groups is 2. The molecule has 0 aliphatic carbocycles. The minimum Gasteiger partial charge on any atom is -0.466 e. The first-order chi connectivity index (χ1) is 12.9. The quantitative estimate of drug-likeness (QED) is 0.730. The average molecular weight is 394 g/mol. The molecule has 0 bridgehead atoms. The van der Waals surface area contributed by atoms with Crippen molar-refractivity contribution < 1.29 is 22.7 Å². The highest BCUT2D eigenvalue weighted by Gasteiger charge is 2.29. The topological polar surface area (TPSA) is 84.0 Å². The van der Waals surface area contributed by atoms with E-state index in [0.29, 0.717) is 56.8 Å². The van der Waals surface area contributed by atoms with Gasteiger partial charge in [0, 0.05) is 25.2 Å². The molecule has 148 valence electrons. The number of amides is 1. The third-order valence-corrected chi connectivity index (χ3v) is 7.02. The first-order valence-corrected chi connectivity index (χ1v) is 11.1. The highest BCUT2D eigenvalue weighted by Crippen LogP contribution is 2.25. The molecular formula is C19H26N2O5S. The molecule has 2 saturated heterocycles. The van der Waals surface area contributed by atoms with Crippen molar-refractivity contribution in [2.75, 3.05) is 36.3 Å². The molecule has 0 aromatic heterocycles. The van der Waals surface area contributed by atoms with Crippen molar-refractivity contribution in [1.82, 2.24) is 4.90 Å². The molecule has 2 fully saturated rings. The summed E-state index contributed by atoms with van der Waals surface area (Å²) in [5, 5.41) is 0. The number of anilines is 1. The molecular weight excluding hydrogens is 368 g/mol. The number of sulfonamides is 1. The Kier molecular flexibility index (Phi) is 6.04. The van der Waals surface area contributed by atoms with Crippen LogP contribution in [0.25, 0.3) is 0 Å². The standard InChI is InChI=1S/C19H26N2O5S/c1-2-26-19(23)16-9-12-20(13-10-16)18(22)15-5-7-17(8-6-15)21-11-3-4-14-27(21,24)25/h5-8,16H,2-4,9-14H2,1H3. The third-order valence-electron chi connectivity index (χ3n) is 5.15. The number of likely N-dealkylation sites (tertiary alicyclic amines) is 1. The number of nitrogens with zero attached hydrogens (tertiary/aromatic N) is 2. The van der Waals surface area contributed by atoms with E-state index >= 15 is 0 Å². The lowest BCUT2D eigenvalue weighted by Gasteiger charge is -2.31. The molecule has 7 nitrogen and oxygen atoms in total. The Balaban J connectivity index is 1.62. The molecule has 0 spiro atoms. The summed E-state index contributed by atoms with van der Waals surface area (Å²) in [5.41, 5.74) is 1.13. The minimum absolute atomic E-state index is 0.0923. The Morgan fingerprint density at radius 2 is 1.74 bits per heavy atom. The van der Waals surface area contributed by atoms with Gasteiger partial charge in [-0.15, -0.1) is 0 Å². The van der Waals surface area contributed by atoms with Gasteiger partial charge in [0.2, 0.25) is 10.0 Å². The summed E-state index contributed by atoms with van der Waals surface area (Å²) in [6.07, 6.45) is 2.75. The predicted octanol–water partition coefficient (Wildman–Crippen LogP) is 2.03. The molecule has 0 saturated carbocycles. The number of ether oxygens (including phenoxy) is 1. The van der Waals surface area contributed by atoms with Crippen molar-refractivity contribution in [2.24, 2.45) is 5.92 Å². The van der Waals surface area contributed by atoms with Gasteiger partial charge >= 0.3 is 5.97 Å². The van der Waals surface area contributed by atoms with Gasteiger partial charge in [0.15, 0.2) is 0 Å². The molecule has 1 amide bonds. The SMILES string of the molecule is CCOC(=O)C1CCN(C(=O)c2ccc(N3CCCCS3(=O)=O)cc2)CC1. The summed E-state index contributed by atoms with van der Waals surface area (Å²) in [4.78, 5) is 26.2. The lowest BCUT2D eigenvalue weighted by molar-refractivity contribution is -0.149. The van der Waals surface area contributed by atoms with Crippen LogP contribution in [0, 0.1) is 5.92 Å². The maximum Gasteiger partial charge on any atom is 0.309 e. The van der Waals surface area contributed by atoms with E-state index in [2.05, 4.69) is 0 Å². The maximum absolute atomic E-state index is 12.7. The number of hydrogen-bond acceptors (Lipinski definition) is 5. The van der Waals surface area contributed by atoms with Crippen molar-refractivity contribution in [3.63, 3.8) is 0 Å². The molecule has 0 unspecified atom stereocenters. The van der Waals surface area contributed by atoms with Crippen molar-refractivity contribution in [1.29, 1.82) is 0 Å². The summed E-state index contributed by atoms with van der Waals surface area (Å²) in [6.45, 7) is 3.68. The summed E-state index contributed by atoms with van der Waals surface area (Å²) >= 11 is 0. The number of carbonyl (C=O) groups excluding carboxylic acids is 2. The highest BCUT2D eigenvalue weighted by atomic mass is 32.2. The van der Waals surface area contributed by atoms with Crippen LogP contribution in [0.5, 0.6) is 0 Å². The van der Waals surface area contributed by atoms with E-state index in [9.17, 15) is 18.0 Å². The van der Waals surface area contributed by atoms with Gasteiger partial charge in [-0.05, 0) is 56.9 Å². The van der Waals surface area contributed by atoms with Crippen LogP contribution in [0.2, 0.25) is 0 Å². The van der Waals surface area contributed by atoms with Crippen LogP contribution >= 0.6 is 0 Å². The van der Waals surface area contributed by atoms with Crippen LogP contribution in [-0.2, 0) is 19.6 Å². The molecule has 3 rings (SSSR count). The van der Waals surface area contributed by atoms with Crippen LogP contribution in [0.15, 0.2) is 24.3 Å². The average Bonchev–Trinajstić information content (AvgIpc) is 2.68. The molecule has 2 aliphatic rings. The van der Waals surface area contributed by atoms with E-state index in [1.54, 1.807) is 36.1 Å². The molecule has 8 heteroatoms. The van der Waals surface area contributed by atoms with Gasteiger partial charge in [-0.1, -0.05) is 0 Å². The zero-order chi connectivity index (χ0) is 19.4. The fourth-order valence-corrected chi connectivity index (χ4v) is 5.25. The number of esters is 1. The predicted molar refractivity (Wildman–Crippen MR) is 102 cm³/mol. The molecule has 2 aliphatic heterocycles. The summed E-state index contributed by atoms with van der Waals surface area (Å²) in [7, 11) is -3.26. The highest BCUT2D eigenvalue weighted by molar-refractivity contribution is 7.92. The largest absolute Gasteiger partial charge is 0.466 e. The Bertz CT molecular complexity index is 783. The first kappa shape index (κ1) is 19.7. The maximum atomic E-state index is 12.7. The second-order valence-electron chi connectivity index (χ2n) is 6.96. The van der Waals surface area contributed by atoms with Gasteiger partial charge < -0.3 is 9.64 Å². The first-order valence-electron chi connectivity index (χ1n) is 9.49. The van der Waals surface area contributed by atoms with Crippen molar-refractivity contribution in [2.45, 2.75) is 32.6 Å². The molecule has 1 aromatic carbocycles. The van der Waals surface area contributed by atoms with Gasteiger partial charge in [0.1, 0.15) is 0 Å². The van der Waals surface area contributed by atoms with Crippen LogP contribution in [-0.4, -0.2) is 57.2 Å². The smallest absolute Gasteiger partial charge is 0.309 e. The van der Waals surface area contributed by atoms with E-state index in [0.717, 1.165) is 6.42 Å². The summed E-state index contributed by atoms with van der Waals surface area (Å²) in [6, 6.07) is 6.75.